The van der Waals surface area contributed by atoms with Crippen molar-refractivity contribution in [2.75, 3.05) is 42.8 Å². The molecule has 29 heavy (non-hydrogen) atoms. The highest BCUT2D eigenvalue weighted by atomic mass is 16.5. The largest absolute Gasteiger partial charge is 0.497 e. The van der Waals surface area contributed by atoms with Gasteiger partial charge in [-0.3, -0.25) is 0 Å². The summed E-state index contributed by atoms with van der Waals surface area (Å²) < 4.78 is 10.4. The summed E-state index contributed by atoms with van der Waals surface area (Å²) >= 11 is 0. The summed E-state index contributed by atoms with van der Waals surface area (Å²) in [5.41, 5.74) is 1.72. The molecule has 0 saturated heterocycles. The minimum Gasteiger partial charge on any atom is -0.497 e. The van der Waals surface area contributed by atoms with Crippen molar-refractivity contribution in [3.8, 4) is 11.5 Å². The summed E-state index contributed by atoms with van der Waals surface area (Å²) in [6, 6.07) is 15.2. The van der Waals surface area contributed by atoms with Crippen LogP contribution >= 0.6 is 0 Å². The van der Waals surface area contributed by atoms with E-state index < -0.39 is 0 Å². The second-order valence-electron chi connectivity index (χ2n) is 6.16. The molecular formula is C21H26N6O2. The number of rotatable bonds is 9. The third-order valence-electron chi connectivity index (χ3n) is 4.36. The molecule has 8 heteroatoms. The minimum atomic E-state index is 0.461. The standard InChI is InChI=1S/C21H26N6O2/c1-5-27(6-2)21-25-19(22-15-7-11-17(28-3)12-8-15)24-20(26-21)23-16-9-13-18(29-4)14-10-16/h7-14H,5-6H2,1-4H3,(H2,22,23,24,25,26). The lowest BCUT2D eigenvalue weighted by Gasteiger charge is -2.20. The maximum atomic E-state index is 5.21. The van der Waals surface area contributed by atoms with Gasteiger partial charge in [-0.1, -0.05) is 0 Å². The van der Waals surface area contributed by atoms with Crippen molar-refractivity contribution in [3.63, 3.8) is 0 Å². The maximum absolute atomic E-state index is 5.21. The van der Waals surface area contributed by atoms with Crippen molar-refractivity contribution in [2.24, 2.45) is 0 Å². The molecule has 0 radical (unpaired) electrons. The van der Waals surface area contributed by atoms with Crippen LogP contribution in [0.15, 0.2) is 48.5 Å². The molecule has 0 fully saturated rings. The Labute approximate surface area is 170 Å². The van der Waals surface area contributed by atoms with E-state index >= 15 is 0 Å². The van der Waals surface area contributed by atoms with E-state index in [2.05, 4.69) is 44.3 Å². The third kappa shape index (κ3) is 5.25. The molecule has 3 rings (SSSR count). The molecule has 0 unspecified atom stereocenters. The molecule has 0 spiro atoms. The van der Waals surface area contributed by atoms with E-state index in [4.69, 9.17) is 9.47 Å². The van der Waals surface area contributed by atoms with Crippen LogP contribution < -0.4 is 25.0 Å². The molecule has 1 aromatic heterocycles. The fraction of sp³-hybridized carbons (Fsp3) is 0.286. The van der Waals surface area contributed by atoms with Crippen LogP contribution in [0.25, 0.3) is 0 Å². The van der Waals surface area contributed by atoms with Crippen molar-refractivity contribution in [3.05, 3.63) is 48.5 Å². The lowest BCUT2D eigenvalue weighted by molar-refractivity contribution is 0.415. The molecule has 0 aliphatic heterocycles. The Morgan fingerprint density at radius 1 is 0.690 bits per heavy atom. The van der Waals surface area contributed by atoms with Crippen LogP contribution in [0.3, 0.4) is 0 Å². The summed E-state index contributed by atoms with van der Waals surface area (Å²) in [6.07, 6.45) is 0. The highest BCUT2D eigenvalue weighted by molar-refractivity contribution is 5.60. The summed E-state index contributed by atoms with van der Waals surface area (Å²) in [6.45, 7) is 5.73. The SMILES string of the molecule is CCN(CC)c1nc(Nc2ccc(OC)cc2)nc(Nc2ccc(OC)cc2)n1. The van der Waals surface area contributed by atoms with Gasteiger partial charge < -0.3 is 25.0 Å². The van der Waals surface area contributed by atoms with Crippen molar-refractivity contribution in [1.82, 2.24) is 15.0 Å². The molecular weight excluding hydrogens is 368 g/mol. The van der Waals surface area contributed by atoms with E-state index in [9.17, 15) is 0 Å². The number of hydrogen-bond acceptors (Lipinski definition) is 8. The fourth-order valence-corrected chi connectivity index (χ4v) is 2.73. The van der Waals surface area contributed by atoms with E-state index in [1.165, 1.54) is 0 Å². The van der Waals surface area contributed by atoms with Crippen molar-refractivity contribution in [2.45, 2.75) is 13.8 Å². The van der Waals surface area contributed by atoms with E-state index in [-0.39, 0.29) is 0 Å². The maximum Gasteiger partial charge on any atom is 0.233 e. The van der Waals surface area contributed by atoms with Crippen LogP contribution in [0.5, 0.6) is 11.5 Å². The third-order valence-corrected chi connectivity index (χ3v) is 4.36. The fourth-order valence-electron chi connectivity index (χ4n) is 2.73. The Morgan fingerprint density at radius 3 is 1.45 bits per heavy atom. The van der Waals surface area contributed by atoms with Gasteiger partial charge in [0.2, 0.25) is 17.8 Å². The van der Waals surface area contributed by atoms with Crippen LogP contribution in [0.2, 0.25) is 0 Å². The Bertz CT molecular complexity index is 844. The molecule has 0 saturated carbocycles. The van der Waals surface area contributed by atoms with Crippen LogP contribution in [0, 0.1) is 0 Å². The summed E-state index contributed by atoms with van der Waals surface area (Å²) in [7, 11) is 3.28. The lowest BCUT2D eigenvalue weighted by Crippen LogP contribution is -2.25. The molecule has 0 bridgehead atoms. The molecule has 0 amide bonds. The zero-order chi connectivity index (χ0) is 20.6. The molecule has 2 N–H and O–H groups in total. The minimum absolute atomic E-state index is 0.461. The second-order valence-corrected chi connectivity index (χ2v) is 6.16. The second kappa shape index (κ2) is 9.59. The number of nitrogens with one attached hydrogen (secondary N) is 2. The van der Waals surface area contributed by atoms with Gasteiger partial charge in [0.15, 0.2) is 0 Å². The number of benzene rings is 2. The van der Waals surface area contributed by atoms with Gasteiger partial charge in [-0.2, -0.15) is 15.0 Å². The van der Waals surface area contributed by atoms with Crippen LogP contribution in [0.4, 0.5) is 29.2 Å². The highest BCUT2D eigenvalue weighted by Gasteiger charge is 2.12. The number of hydrogen-bond donors (Lipinski definition) is 2. The first-order chi connectivity index (χ1) is 14.1. The van der Waals surface area contributed by atoms with Gasteiger partial charge in [0.25, 0.3) is 0 Å². The Kier molecular flexibility index (Phi) is 6.67. The van der Waals surface area contributed by atoms with Gasteiger partial charge >= 0.3 is 0 Å². The number of ether oxygens (including phenoxy) is 2. The normalized spacial score (nSPS) is 10.3. The topological polar surface area (TPSA) is 84.4 Å². The van der Waals surface area contributed by atoms with Gasteiger partial charge in [0, 0.05) is 24.5 Å². The van der Waals surface area contributed by atoms with Crippen LogP contribution in [-0.2, 0) is 0 Å². The van der Waals surface area contributed by atoms with Gasteiger partial charge in [0.05, 0.1) is 14.2 Å². The predicted octanol–water partition coefficient (Wildman–Crippen LogP) is 4.22. The van der Waals surface area contributed by atoms with E-state index in [0.717, 1.165) is 36.0 Å². The van der Waals surface area contributed by atoms with Crippen molar-refractivity contribution < 1.29 is 9.47 Å². The Hall–Kier alpha value is -3.55. The van der Waals surface area contributed by atoms with Gasteiger partial charge in [-0.05, 0) is 62.4 Å². The predicted molar refractivity (Wildman–Crippen MR) is 116 cm³/mol. The number of anilines is 5. The molecule has 1 heterocycles. The van der Waals surface area contributed by atoms with Crippen LogP contribution in [-0.4, -0.2) is 42.3 Å². The number of methoxy groups -OCH3 is 2. The first kappa shape index (κ1) is 20.2. The molecule has 0 aliphatic rings. The zero-order valence-corrected chi connectivity index (χ0v) is 17.1. The Balaban J connectivity index is 1.89. The van der Waals surface area contributed by atoms with Crippen molar-refractivity contribution in [1.29, 1.82) is 0 Å². The quantitative estimate of drug-likeness (QED) is 0.558. The Morgan fingerprint density at radius 2 is 1.10 bits per heavy atom. The molecule has 2 aromatic carbocycles. The zero-order valence-electron chi connectivity index (χ0n) is 17.1. The summed E-state index contributed by atoms with van der Waals surface area (Å²) in [4.78, 5) is 15.8. The molecule has 0 aliphatic carbocycles. The molecule has 3 aromatic rings. The smallest absolute Gasteiger partial charge is 0.233 e. The van der Waals surface area contributed by atoms with Gasteiger partial charge in [-0.15, -0.1) is 0 Å². The summed E-state index contributed by atoms with van der Waals surface area (Å²) in [5, 5.41) is 6.48. The van der Waals surface area contributed by atoms with Crippen molar-refractivity contribution >= 4 is 29.2 Å². The van der Waals surface area contributed by atoms with E-state index in [1.54, 1.807) is 14.2 Å². The molecule has 152 valence electrons. The van der Waals surface area contributed by atoms with Gasteiger partial charge in [-0.25, -0.2) is 0 Å². The van der Waals surface area contributed by atoms with Crippen LogP contribution in [0.1, 0.15) is 13.8 Å². The number of nitrogens with zero attached hydrogens (tertiary/aromatic N) is 4. The van der Waals surface area contributed by atoms with E-state index in [0.29, 0.717) is 17.8 Å². The first-order valence-electron chi connectivity index (χ1n) is 9.48. The highest BCUT2D eigenvalue weighted by Crippen LogP contribution is 2.23. The first-order valence-corrected chi connectivity index (χ1v) is 9.48. The molecule has 8 nitrogen and oxygen atoms in total. The average molecular weight is 394 g/mol. The van der Waals surface area contributed by atoms with E-state index in [1.807, 2.05) is 48.5 Å². The molecule has 0 atom stereocenters. The average Bonchev–Trinajstić information content (AvgIpc) is 2.75. The lowest BCUT2D eigenvalue weighted by atomic mass is 10.3. The number of aromatic nitrogens is 3. The monoisotopic (exact) mass is 394 g/mol. The van der Waals surface area contributed by atoms with Gasteiger partial charge in [0.1, 0.15) is 11.5 Å². The summed E-state index contributed by atoms with van der Waals surface area (Å²) in [5.74, 6) is 3.11.